The Morgan fingerprint density at radius 2 is 1.32 bits per heavy atom. The van der Waals surface area contributed by atoms with Crippen LogP contribution in [0.4, 0.5) is 13.2 Å². The average Bonchev–Trinajstić information content (AvgIpc) is 2.41. The number of hydrogen-bond donors (Lipinski definition) is 0. The highest BCUT2D eigenvalue weighted by Crippen LogP contribution is 2.46. The van der Waals surface area contributed by atoms with E-state index in [1.165, 1.54) is 0 Å². The van der Waals surface area contributed by atoms with Crippen molar-refractivity contribution in [3.63, 3.8) is 0 Å². The van der Waals surface area contributed by atoms with Crippen LogP contribution >= 0.6 is 0 Å². The Kier molecular flexibility index (Phi) is 2.69. The SMILES string of the molecule is CC(C)Oc1c(F)c(F)c2c(c1F)C1C=CC2C=C1. The van der Waals surface area contributed by atoms with Crippen LogP contribution in [0, 0.1) is 17.5 Å². The third-order valence-electron chi connectivity index (χ3n) is 3.43. The van der Waals surface area contributed by atoms with Gasteiger partial charge in [0.2, 0.25) is 5.82 Å². The van der Waals surface area contributed by atoms with E-state index < -0.39 is 35.2 Å². The first-order chi connectivity index (χ1) is 9.00. The van der Waals surface area contributed by atoms with Crippen molar-refractivity contribution in [1.82, 2.24) is 0 Å². The Bertz CT molecular complexity index is 588. The summed E-state index contributed by atoms with van der Waals surface area (Å²) in [6.07, 6.45) is 6.70. The smallest absolute Gasteiger partial charge is 0.204 e. The maximum atomic E-state index is 14.4. The van der Waals surface area contributed by atoms with Crippen molar-refractivity contribution in [2.75, 3.05) is 0 Å². The summed E-state index contributed by atoms with van der Waals surface area (Å²) in [5, 5.41) is 0. The molecule has 3 aliphatic rings. The first-order valence-electron chi connectivity index (χ1n) is 6.24. The second-order valence-corrected chi connectivity index (χ2v) is 5.09. The first-order valence-corrected chi connectivity index (χ1v) is 6.24. The highest BCUT2D eigenvalue weighted by Gasteiger charge is 2.35. The van der Waals surface area contributed by atoms with E-state index in [-0.39, 0.29) is 17.0 Å². The molecule has 0 saturated heterocycles. The van der Waals surface area contributed by atoms with E-state index in [0.717, 1.165) is 0 Å². The summed E-state index contributed by atoms with van der Waals surface area (Å²) in [5.74, 6) is -4.37. The van der Waals surface area contributed by atoms with Crippen molar-refractivity contribution in [3.8, 4) is 5.75 Å². The number of benzene rings is 1. The molecule has 0 unspecified atom stereocenters. The van der Waals surface area contributed by atoms with Gasteiger partial charge in [0, 0.05) is 23.0 Å². The fraction of sp³-hybridized carbons (Fsp3) is 0.333. The molecule has 1 aromatic carbocycles. The van der Waals surface area contributed by atoms with Gasteiger partial charge < -0.3 is 4.74 Å². The van der Waals surface area contributed by atoms with Gasteiger partial charge in [0.05, 0.1) is 6.10 Å². The lowest BCUT2D eigenvalue weighted by Gasteiger charge is -2.30. The molecule has 0 aliphatic heterocycles. The third-order valence-corrected chi connectivity index (χ3v) is 3.43. The molecule has 0 fully saturated rings. The summed E-state index contributed by atoms with van der Waals surface area (Å²) in [6.45, 7) is 3.28. The molecule has 0 atom stereocenters. The lowest BCUT2D eigenvalue weighted by molar-refractivity contribution is 0.214. The predicted molar refractivity (Wildman–Crippen MR) is 65.8 cm³/mol. The van der Waals surface area contributed by atoms with Crippen LogP contribution in [0.5, 0.6) is 5.75 Å². The van der Waals surface area contributed by atoms with Crippen molar-refractivity contribution in [2.45, 2.75) is 31.8 Å². The predicted octanol–water partition coefficient (Wildman–Crippen LogP) is 4.20. The minimum absolute atomic E-state index is 0.0982. The van der Waals surface area contributed by atoms with E-state index in [0.29, 0.717) is 0 Å². The van der Waals surface area contributed by atoms with E-state index in [2.05, 4.69) is 0 Å². The summed E-state index contributed by atoms with van der Waals surface area (Å²) in [6, 6.07) is 0. The van der Waals surface area contributed by atoms with E-state index in [1.807, 2.05) is 0 Å². The summed E-state index contributed by atoms with van der Waals surface area (Å²) in [7, 11) is 0. The summed E-state index contributed by atoms with van der Waals surface area (Å²) >= 11 is 0. The molecule has 0 saturated carbocycles. The van der Waals surface area contributed by atoms with Crippen LogP contribution < -0.4 is 4.74 Å². The molecule has 0 heterocycles. The lowest BCUT2D eigenvalue weighted by Crippen LogP contribution is -2.20. The van der Waals surface area contributed by atoms with Gasteiger partial charge in [-0.1, -0.05) is 24.3 Å². The van der Waals surface area contributed by atoms with Crippen molar-refractivity contribution in [2.24, 2.45) is 0 Å². The van der Waals surface area contributed by atoms with Gasteiger partial charge in [0.25, 0.3) is 0 Å². The molecule has 0 amide bonds. The molecule has 0 aromatic heterocycles. The van der Waals surface area contributed by atoms with Gasteiger partial charge in [-0.2, -0.15) is 4.39 Å². The van der Waals surface area contributed by atoms with Gasteiger partial charge in [-0.25, -0.2) is 8.78 Å². The summed E-state index contributed by atoms with van der Waals surface area (Å²) < 4.78 is 47.6. The molecule has 0 N–H and O–H groups in total. The van der Waals surface area contributed by atoms with Crippen LogP contribution in [0.2, 0.25) is 0 Å². The molecule has 1 aromatic rings. The van der Waals surface area contributed by atoms with Crippen molar-refractivity contribution in [1.29, 1.82) is 0 Å². The molecule has 0 spiro atoms. The Morgan fingerprint density at radius 1 is 0.842 bits per heavy atom. The quantitative estimate of drug-likeness (QED) is 0.576. The van der Waals surface area contributed by atoms with Gasteiger partial charge in [0.1, 0.15) is 0 Å². The zero-order chi connectivity index (χ0) is 13.7. The van der Waals surface area contributed by atoms with Gasteiger partial charge in [-0.3, -0.25) is 0 Å². The zero-order valence-corrected chi connectivity index (χ0v) is 10.6. The van der Waals surface area contributed by atoms with Gasteiger partial charge in [0.15, 0.2) is 17.4 Å². The first kappa shape index (κ1) is 12.3. The third kappa shape index (κ3) is 1.70. The summed E-state index contributed by atoms with van der Waals surface area (Å²) in [4.78, 5) is 0. The largest absolute Gasteiger partial charge is 0.485 e. The number of allylic oxidation sites excluding steroid dienone is 4. The second kappa shape index (κ2) is 4.15. The minimum Gasteiger partial charge on any atom is -0.485 e. The van der Waals surface area contributed by atoms with Crippen LogP contribution in [0.15, 0.2) is 24.3 Å². The van der Waals surface area contributed by atoms with E-state index in [4.69, 9.17) is 4.74 Å². The maximum Gasteiger partial charge on any atom is 0.204 e. The Balaban J connectivity index is 2.24. The molecule has 4 rings (SSSR count). The molecule has 19 heavy (non-hydrogen) atoms. The minimum atomic E-state index is -1.24. The van der Waals surface area contributed by atoms with Crippen LogP contribution in [0.3, 0.4) is 0 Å². The summed E-state index contributed by atoms with van der Waals surface area (Å²) in [5.41, 5.74) is 0.297. The van der Waals surface area contributed by atoms with Crippen molar-refractivity contribution in [3.05, 3.63) is 52.9 Å². The van der Waals surface area contributed by atoms with Crippen LogP contribution in [-0.4, -0.2) is 6.10 Å². The number of rotatable bonds is 2. The standard InChI is InChI=1S/C15H13F3O/c1-7(2)19-15-13(17)11-9-5-3-8(4-6-9)10(11)12(16)14(15)18/h3-9H,1-2H3. The molecular weight excluding hydrogens is 253 g/mol. The normalized spacial score (nSPS) is 23.1. The van der Waals surface area contributed by atoms with E-state index in [9.17, 15) is 13.2 Å². The fourth-order valence-corrected chi connectivity index (χ4v) is 2.66. The van der Waals surface area contributed by atoms with Crippen LogP contribution in [0.1, 0.15) is 36.8 Å². The second-order valence-electron chi connectivity index (χ2n) is 5.09. The van der Waals surface area contributed by atoms with E-state index in [1.54, 1.807) is 38.2 Å². The van der Waals surface area contributed by atoms with Gasteiger partial charge in [-0.15, -0.1) is 0 Å². The lowest BCUT2D eigenvalue weighted by atomic mass is 9.75. The monoisotopic (exact) mass is 266 g/mol. The number of hydrogen-bond acceptors (Lipinski definition) is 1. The fourth-order valence-electron chi connectivity index (χ4n) is 2.66. The number of halogens is 3. The highest BCUT2D eigenvalue weighted by atomic mass is 19.2. The van der Waals surface area contributed by atoms with E-state index >= 15 is 0 Å². The molecule has 100 valence electrons. The van der Waals surface area contributed by atoms with Crippen LogP contribution in [-0.2, 0) is 0 Å². The Labute approximate surface area is 109 Å². The average molecular weight is 266 g/mol. The van der Waals surface area contributed by atoms with Crippen LogP contribution in [0.25, 0.3) is 0 Å². The van der Waals surface area contributed by atoms with Gasteiger partial charge in [-0.05, 0) is 13.8 Å². The molecule has 0 radical (unpaired) electrons. The molecule has 2 bridgehead atoms. The topological polar surface area (TPSA) is 9.23 Å². The maximum absolute atomic E-state index is 14.4. The molecular formula is C15H13F3O. The van der Waals surface area contributed by atoms with Crippen molar-refractivity contribution >= 4 is 0 Å². The Hall–Kier alpha value is -1.71. The van der Waals surface area contributed by atoms with Gasteiger partial charge >= 0.3 is 0 Å². The molecule has 1 nitrogen and oxygen atoms in total. The zero-order valence-electron chi connectivity index (χ0n) is 10.6. The Morgan fingerprint density at radius 3 is 1.79 bits per heavy atom. The highest BCUT2D eigenvalue weighted by molar-refractivity contribution is 5.55. The number of ether oxygens (including phenoxy) is 1. The molecule has 3 aliphatic carbocycles. The molecule has 4 heteroatoms. The van der Waals surface area contributed by atoms with Crippen molar-refractivity contribution < 1.29 is 17.9 Å².